The Morgan fingerprint density at radius 2 is 1.95 bits per heavy atom. The zero-order valence-corrected chi connectivity index (χ0v) is 12.3. The summed E-state index contributed by atoms with van der Waals surface area (Å²) in [5, 5.41) is 18.2. The molecular weight excluding hydrogens is 302 g/mol. The molecule has 8 nitrogen and oxygen atoms in total. The van der Waals surface area contributed by atoms with Gasteiger partial charge in [-0.05, 0) is 18.2 Å². The number of aromatic hydroxyl groups is 1. The number of nitrogens with zero attached hydrogens (tertiary/aromatic N) is 1. The number of hydrogen-bond donors (Lipinski definition) is 2. The van der Waals surface area contributed by atoms with Gasteiger partial charge >= 0.3 is 11.9 Å². The first-order chi connectivity index (χ1) is 9.70. The van der Waals surface area contributed by atoms with Crippen molar-refractivity contribution in [2.75, 3.05) is 20.7 Å². The first kappa shape index (κ1) is 16.9. The fourth-order valence-corrected chi connectivity index (χ4v) is 2.70. The molecule has 0 amide bonds. The summed E-state index contributed by atoms with van der Waals surface area (Å²) in [5.74, 6) is -2.53. The number of hydrogen-bond acceptors (Lipinski definition) is 6. The molecule has 1 aromatic carbocycles. The van der Waals surface area contributed by atoms with Gasteiger partial charge in [-0.15, -0.1) is 0 Å². The van der Waals surface area contributed by atoms with Gasteiger partial charge in [0, 0.05) is 13.6 Å². The van der Waals surface area contributed by atoms with Crippen LogP contribution in [0.2, 0.25) is 0 Å². The SMILES string of the molecule is COC(=O)CCN(C)S(=O)(=O)c1ccc(O)c(C(=O)O)c1. The summed E-state index contributed by atoms with van der Waals surface area (Å²) in [6.07, 6.45) is -0.129. The highest BCUT2D eigenvalue weighted by atomic mass is 32.2. The highest BCUT2D eigenvalue weighted by molar-refractivity contribution is 7.89. The van der Waals surface area contributed by atoms with E-state index in [4.69, 9.17) is 5.11 Å². The van der Waals surface area contributed by atoms with Crippen molar-refractivity contribution in [3.63, 3.8) is 0 Å². The Morgan fingerprint density at radius 3 is 2.48 bits per heavy atom. The lowest BCUT2D eigenvalue weighted by atomic mass is 10.2. The van der Waals surface area contributed by atoms with Crippen LogP contribution in [0, 0.1) is 0 Å². The van der Waals surface area contributed by atoms with Crippen LogP contribution in [0.3, 0.4) is 0 Å². The van der Waals surface area contributed by atoms with Crippen molar-refractivity contribution in [1.82, 2.24) is 4.31 Å². The number of carboxylic acids is 1. The molecule has 0 atom stereocenters. The van der Waals surface area contributed by atoms with Gasteiger partial charge in [-0.3, -0.25) is 4.79 Å². The van der Waals surface area contributed by atoms with Crippen LogP contribution in [0.5, 0.6) is 5.75 Å². The van der Waals surface area contributed by atoms with Crippen molar-refractivity contribution in [3.05, 3.63) is 23.8 Å². The number of carboxylic acid groups (broad SMARTS) is 1. The average Bonchev–Trinajstić information content (AvgIpc) is 2.43. The monoisotopic (exact) mass is 317 g/mol. The summed E-state index contributed by atoms with van der Waals surface area (Å²) in [7, 11) is -1.52. The molecule has 0 spiro atoms. The van der Waals surface area contributed by atoms with Gasteiger partial charge in [-0.2, -0.15) is 0 Å². The van der Waals surface area contributed by atoms with Gasteiger partial charge < -0.3 is 14.9 Å². The highest BCUT2D eigenvalue weighted by Gasteiger charge is 2.23. The Hall–Kier alpha value is -2.13. The number of carbonyl (C=O) groups excluding carboxylic acids is 1. The molecule has 116 valence electrons. The van der Waals surface area contributed by atoms with Gasteiger partial charge in [0.2, 0.25) is 10.0 Å². The third-order valence-corrected chi connectivity index (χ3v) is 4.62. The van der Waals surface area contributed by atoms with E-state index in [-0.39, 0.29) is 17.9 Å². The van der Waals surface area contributed by atoms with Crippen LogP contribution in [0.25, 0.3) is 0 Å². The fraction of sp³-hybridized carbons (Fsp3) is 0.333. The Morgan fingerprint density at radius 1 is 1.33 bits per heavy atom. The summed E-state index contributed by atoms with van der Waals surface area (Å²) in [5.41, 5.74) is -0.516. The van der Waals surface area contributed by atoms with Crippen LogP contribution in [0.4, 0.5) is 0 Å². The summed E-state index contributed by atoms with van der Waals surface area (Å²) < 4.78 is 29.8. The van der Waals surface area contributed by atoms with E-state index in [0.29, 0.717) is 0 Å². The van der Waals surface area contributed by atoms with E-state index in [2.05, 4.69) is 4.74 Å². The number of methoxy groups -OCH3 is 1. The molecule has 1 aromatic rings. The van der Waals surface area contributed by atoms with Crippen molar-refractivity contribution in [2.24, 2.45) is 0 Å². The lowest BCUT2D eigenvalue weighted by Gasteiger charge is -2.17. The van der Waals surface area contributed by atoms with E-state index in [1.807, 2.05) is 0 Å². The first-order valence-electron chi connectivity index (χ1n) is 5.79. The van der Waals surface area contributed by atoms with Crippen LogP contribution >= 0.6 is 0 Å². The zero-order valence-electron chi connectivity index (χ0n) is 11.4. The minimum atomic E-state index is -3.96. The molecule has 0 heterocycles. The van der Waals surface area contributed by atoms with E-state index >= 15 is 0 Å². The summed E-state index contributed by atoms with van der Waals surface area (Å²) in [6, 6.07) is 2.94. The van der Waals surface area contributed by atoms with Crippen LogP contribution in [0.15, 0.2) is 23.1 Å². The molecule has 0 saturated carbocycles. The second-order valence-electron chi connectivity index (χ2n) is 4.14. The minimum Gasteiger partial charge on any atom is -0.507 e. The van der Waals surface area contributed by atoms with Gasteiger partial charge in [0.15, 0.2) is 0 Å². The highest BCUT2D eigenvalue weighted by Crippen LogP contribution is 2.23. The Labute approximate surface area is 121 Å². The number of rotatable bonds is 6. The van der Waals surface area contributed by atoms with Crippen molar-refractivity contribution >= 4 is 22.0 Å². The van der Waals surface area contributed by atoms with E-state index in [0.717, 1.165) is 22.5 Å². The second-order valence-corrected chi connectivity index (χ2v) is 6.18. The summed E-state index contributed by atoms with van der Waals surface area (Å²) in [4.78, 5) is 21.6. The maximum absolute atomic E-state index is 12.2. The molecule has 0 fully saturated rings. The zero-order chi connectivity index (χ0) is 16.2. The Bertz CT molecular complexity index is 654. The maximum atomic E-state index is 12.2. The lowest BCUT2D eigenvalue weighted by Crippen LogP contribution is -2.29. The molecule has 0 aliphatic rings. The molecule has 0 unspecified atom stereocenters. The topological polar surface area (TPSA) is 121 Å². The smallest absolute Gasteiger partial charge is 0.339 e. The molecule has 21 heavy (non-hydrogen) atoms. The van der Waals surface area contributed by atoms with Crippen molar-refractivity contribution in [3.8, 4) is 5.75 Å². The number of sulfonamides is 1. The molecule has 0 aromatic heterocycles. The van der Waals surface area contributed by atoms with Crippen molar-refractivity contribution < 1.29 is 33.0 Å². The van der Waals surface area contributed by atoms with Crippen LogP contribution in [-0.2, 0) is 19.6 Å². The quantitative estimate of drug-likeness (QED) is 0.722. The largest absolute Gasteiger partial charge is 0.507 e. The number of ether oxygens (including phenoxy) is 1. The summed E-state index contributed by atoms with van der Waals surface area (Å²) >= 11 is 0. The van der Waals surface area contributed by atoms with E-state index in [1.54, 1.807) is 0 Å². The van der Waals surface area contributed by atoms with Crippen LogP contribution in [0.1, 0.15) is 16.8 Å². The molecule has 1 rings (SSSR count). The molecular formula is C12H15NO7S. The van der Waals surface area contributed by atoms with Crippen LogP contribution in [-0.4, -0.2) is 55.6 Å². The Kier molecular flexibility index (Phi) is 5.28. The molecule has 0 bridgehead atoms. The average molecular weight is 317 g/mol. The molecule has 2 N–H and O–H groups in total. The van der Waals surface area contributed by atoms with Gasteiger partial charge in [0.05, 0.1) is 18.4 Å². The standard InChI is InChI=1S/C12H15NO7S/c1-13(6-5-11(15)20-2)21(18,19)8-3-4-10(14)9(7-8)12(16)17/h3-4,7,14H,5-6H2,1-2H3,(H,16,17). The number of carbonyl (C=O) groups is 2. The van der Waals surface area contributed by atoms with Gasteiger partial charge in [0.25, 0.3) is 0 Å². The second kappa shape index (κ2) is 6.55. The minimum absolute atomic E-state index is 0.113. The molecule has 9 heteroatoms. The number of aromatic carboxylic acids is 1. The van der Waals surface area contributed by atoms with E-state index < -0.39 is 33.3 Å². The fourth-order valence-electron chi connectivity index (χ4n) is 1.50. The first-order valence-corrected chi connectivity index (χ1v) is 7.23. The van der Waals surface area contributed by atoms with Crippen LogP contribution < -0.4 is 0 Å². The van der Waals surface area contributed by atoms with Crippen molar-refractivity contribution in [2.45, 2.75) is 11.3 Å². The lowest BCUT2D eigenvalue weighted by molar-refractivity contribution is -0.140. The third-order valence-electron chi connectivity index (χ3n) is 2.77. The number of esters is 1. The van der Waals surface area contributed by atoms with Gasteiger partial charge in [-0.25, -0.2) is 17.5 Å². The predicted octanol–water partition coefficient (Wildman–Crippen LogP) is 0.274. The molecule has 0 aliphatic heterocycles. The normalized spacial score (nSPS) is 11.4. The maximum Gasteiger partial charge on any atom is 0.339 e. The Balaban J connectivity index is 3.05. The third kappa shape index (κ3) is 3.92. The van der Waals surface area contributed by atoms with Crippen molar-refractivity contribution in [1.29, 1.82) is 0 Å². The molecule has 0 radical (unpaired) electrons. The number of benzene rings is 1. The van der Waals surface area contributed by atoms with E-state index in [9.17, 15) is 23.1 Å². The van der Waals surface area contributed by atoms with E-state index in [1.165, 1.54) is 14.2 Å². The molecule has 0 saturated heterocycles. The van der Waals surface area contributed by atoms with Gasteiger partial charge in [-0.1, -0.05) is 0 Å². The van der Waals surface area contributed by atoms with Gasteiger partial charge in [0.1, 0.15) is 11.3 Å². The summed E-state index contributed by atoms with van der Waals surface area (Å²) in [6.45, 7) is -0.113. The molecule has 0 aliphatic carbocycles. The number of phenols is 1. The predicted molar refractivity (Wildman–Crippen MR) is 71.5 cm³/mol.